The van der Waals surface area contributed by atoms with E-state index in [1.54, 1.807) is 40.2 Å². The summed E-state index contributed by atoms with van der Waals surface area (Å²) in [5.74, 6) is -0.633. The van der Waals surface area contributed by atoms with Crippen LogP contribution in [-0.2, 0) is 24.3 Å². The molecule has 2 aromatic heterocycles. The van der Waals surface area contributed by atoms with E-state index in [-0.39, 0.29) is 18.9 Å². The molecule has 1 aliphatic rings. The van der Waals surface area contributed by atoms with Gasteiger partial charge >= 0.3 is 0 Å². The monoisotopic (exact) mass is 479 g/mol. The Balaban J connectivity index is 1.42. The molecule has 2 N–H and O–H groups in total. The fraction of sp³-hybridized carbons (Fsp3) is 0.167. The summed E-state index contributed by atoms with van der Waals surface area (Å²) in [4.78, 5) is 31.3. The second kappa shape index (κ2) is 8.50. The predicted octanol–water partition coefficient (Wildman–Crippen LogP) is 4.09. The molecule has 3 heterocycles. The summed E-state index contributed by atoms with van der Waals surface area (Å²) >= 11 is 12.2. The number of carbonyl (C=O) groups is 2. The topological polar surface area (TPSA) is 94.1 Å². The van der Waals surface area contributed by atoms with Gasteiger partial charge in [0, 0.05) is 29.9 Å². The Labute approximate surface area is 199 Å². The van der Waals surface area contributed by atoms with E-state index in [0.717, 1.165) is 16.3 Å². The number of fused-ring (bicyclic) bond motifs is 2. The molecule has 0 bridgehead atoms. The summed E-state index contributed by atoms with van der Waals surface area (Å²) in [6, 6.07) is 12.9. The van der Waals surface area contributed by atoms with Crippen LogP contribution in [0.2, 0.25) is 10.0 Å². The van der Waals surface area contributed by atoms with Crippen molar-refractivity contribution in [1.82, 2.24) is 19.7 Å². The van der Waals surface area contributed by atoms with Crippen molar-refractivity contribution in [2.75, 3.05) is 6.54 Å². The van der Waals surface area contributed by atoms with Crippen molar-refractivity contribution in [3.63, 3.8) is 0 Å². The zero-order valence-corrected chi connectivity index (χ0v) is 19.0. The van der Waals surface area contributed by atoms with Gasteiger partial charge < -0.3 is 10.6 Å². The number of hydrogen-bond donors (Lipinski definition) is 1. The highest BCUT2D eigenvalue weighted by Gasteiger charge is 2.29. The molecule has 0 saturated carbocycles. The molecule has 0 unspecified atom stereocenters. The molecule has 1 aliphatic heterocycles. The summed E-state index contributed by atoms with van der Waals surface area (Å²) in [5, 5.41) is 7.42. The van der Waals surface area contributed by atoms with Gasteiger partial charge in [0.2, 0.25) is 5.91 Å². The zero-order valence-electron chi connectivity index (χ0n) is 17.5. The average molecular weight is 480 g/mol. The summed E-state index contributed by atoms with van der Waals surface area (Å²) in [5.41, 5.74) is 8.62. The summed E-state index contributed by atoms with van der Waals surface area (Å²) in [6.45, 7) is 1.20. The van der Waals surface area contributed by atoms with Gasteiger partial charge in [0.15, 0.2) is 0 Å². The highest BCUT2D eigenvalue weighted by atomic mass is 35.5. The van der Waals surface area contributed by atoms with Crippen molar-refractivity contribution in [3.05, 3.63) is 81.7 Å². The van der Waals surface area contributed by atoms with E-state index in [2.05, 4.69) is 10.1 Å². The van der Waals surface area contributed by atoms with E-state index in [1.807, 2.05) is 24.3 Å². The fourth-order valence-corrected chi connectivity index (χ4v) is 4.46. The second-order valence-corrected chi connectivity index (χ2v) is 8.75. The highest BCUT2D eigenvalue weighted by molar-refractivity contribution is 6.42. The van der Waals surface area contributed by atoms with Gasteiger partial charge in [0.05, 0.1) is 40.8 Å². The summed E-state index contributed by atoms with van der Waals surface area (Å²) in [6.07, 6.45) is 3.78. The van der Waals surface area contributed by atoms with Crippen molar-refractivity contribution in [2.24, 2.45) is 5.73 Å². The average Bonchev–Trinajstić information content (AvgIpc) is 3.20. The molecule has 33 heavy (non-hydrogen) atoms. The van der Waals surface area contributed by atoms with Gasteiger partial charge in [-0.2, -0.15) is 5.10 Å². The van der Waals surface area contributed by atoms with Gasteiger partial charge in [-0.1, -0.05) is 41.4 Å². The Morgan fingerprint density at radius 2 is 1.85 bits per heavy atom. The fourth-order valence-electron chi connectivity index (χ4n) is 4.17. The van der Waals surface area contributed by atoms with Crippen molar-refractivity contribution >= 4 is 45.8 Å². The minimum Gasteiger partial charge on any atom is -0.365 e. The number of nitrogens with two attached hydrogens (primary N) is 1. The molecule has 0 spiro atoms. The molecule has 5 rings (SSSR count). The van der Waals surface area contributed by atoms with Crippen LogP contribution in [0.25, 0.3) is 22.0 Å². The molecule has 0 radical (unpaired) electrons. The molecule has 2 aromatic carbocycles. The minimum atomic E-state index is -0.603. The van der Waals surface area contributed by atoms with E-state index in [1.165, 1.54) is 0 Å². The van der Waals surface area contributed by atoms with Crippen molar-refractivity contribution in [3.8, 4) is 11.3 Å². The Hall–Kier alpha value is -3.42. The van der Waals surface area contributed by atoms with Crippen molar-refractivity contribution < 1.29 is 9.59 Å². The first-order chi connectivity index (χ1) is 15.9. The molecular formula is C24H19Cl2N5O2. The van der Waals surface area contributed by atoms with Crippen LogP contribution < -0.4 is 5.73 Å². The third kappa shape index (κ3) is 4.05. The van der Waals surface area contributed by atoms with Gasteiger partial charge in [-0.05, 0) is 35.2 Å². The lowest BCUT2D eigenvalue weighted by Gasteiger charge is -2.28. The van der Waals surface area contributed by atoms with Crippen LogP contribution in [0, 0.1) is 0 Å². The third-order valence-electron chi connectivity index (χ3n) is 5.83. The van der Waals surface area contributed by atoms with Crippen molar-refractivity contribution in [1.29, 1.82) is 0 Å². The third-order valence-corrected chi connectivity index (χ3v) is 6.57. The predicted molar refractivity (Wildman–Crippen MR) is 127 cm³/mol. The van der Waals surface area contributed by atoms with E-state index in [4.69, 9.17) is 28.9 Å². The number of amides is 2. The number of halogens is 2. The summed E-state index contributed by atoms with van der Waals surface area (Å²) in [7, 11) is 0. The lowest BCUT2D eigenvalue weighted by atomic mass is 10.0. The molecule has 7 nitrogen and oxygen atoms in total. The Morgan fingerprint density at radius 3 is 2.64 bits per heavy atom. The summed E-state index contributed by atoms with van der Waals surface area (Å²) < 4.78 is 1.74. The Bertz CT molecular complexity index is 1420. The first-order valence-corrected chi connectivity index (χ1v) is 11.1. The highest BCUT2D eigenvalue weighted by Crippen LogP contribution is 2.32. The molecular weight excluding hydrogens is 461 g/mol. The maximum Gasteiger partial charge on any atom is 0.252 e. The van der Waals surface area contributed by atoms with E-state index < -0.39 is 5.91 Å². The van der Waals surface area contributed by atoms with Crippen LogP contribution in [0.15, 0.2) is 54.9 Å². The SMILES string of the molecule is NC(=O)c1c(-c2ccc(Cl)c(Cl)c2)nn2c1CN(C(=O)Cc1ccc3ccncc3c1)CC2. The van der Waals surface area contributed by atoms with E-state index in [0.29, 0.717) is 45.6 Å². The van der Waals surface area contributed by atoms with Crippen LogP contribution >= 0.6 is 23.2 Å². The standard InChI is InChI=1S/C24H19Cl2N5O2/c25-18-4-3-16(11-19(18)26)23-22(24(27)33)20-13-30(7-8-31(20)29-23)21(32)10-14-1-2-15-5-6-28-12-17(15)9-14/h1-6,9,11-12H,7-8,10,13H2,(H2,27,33). The van der Waals surface area contributed by atoms with Crippen LogP contribution in [0.1, 0.15) is 21.6 Å². The number of aromatic nitrogens is 3. The number of primary amides is 1. The Kier molecular flexibility index (Phi) is 5.52. The van der Waals surface area contributed by atoms with E-state index in [9.17, 15) is 9.59 Å². The maximum atomic E-state index is 13.1. The first kappa shape index (κ1) is 21.4. The van der Waals surface area contributed by atoms with Gasteiger partial charge in [0.1, 0.15) is 5.69 Å². The molecule has 166 valence electrons. The van der Waals surface area contributed by atoms with Crippen LogP contribution in [0.3, 0.4) is 0 Å². The van der Waals surface area contributed by atoms with Crippen molar-refractivity contribution in [2.45, 2.75) is 19.5 Å². The lowest BCUT2D eigenvalue weighted by Crippen LogP contribution is -2.40. The number of hydrogen-bond acceptors (Lipinski definition) is 4. The molecule has 9 heteroatoms. The first-order valence-electron chi connectivity index (χ1n) is 10.4. The largest absolute Gasteiger partial charge is 0.365 e. The maximum absolute atomic E-state index is 13.1. The van der Waals surface area contributed by atoms with Gasteiger partial charge in [-0.25, -0.2) is 0 Å². The zero-order chi connectivity index (χ0) is 23.1. The van der Waals surface area contributed by atoms with Gasteiger partial charge in [-0.3, -0.25) is 19.3 Å². The van der Waals surface area contributed by atoms with Crippen LogP contribution in [0.5, 0.6) is 0 Å². The van der Waals surface area contributed by atoms with Crippen LogP contribution in [0.4, 0.5) is 0 Å². The number of rotatable bonds is 4. The van der Waals surface area contributed by atoms with Gasteiger partial charge in [0.25, 0.3) is 5.91 Å². The second-order valence-electron chi connectivity index (χ2n) is 7.94. The molecule has 0 atom stereocenters. The molecule has 0 saturated heterocycles. The lowest BCUT2D eigenvalue weighted by molar-refractivity contribution is -0.132. The molecule has 2 amide bonds. The number of carbonyl (C=O) groups excluding carboxylic acids is 2. The molecule has 0 aliphatic carbocycles. The van der Waals surface area contributed by atoms with E-state index >= 15 is 0 Å². The number of benzene rings is 2. The normalized spacial score (nSPS) is 13.2. The molecule has 0 fully saturated rings. The molecule has 4 aromatic rings. The number of nitrogens with zero attached hydrogens (tertiary/aromatic N) is 4. The quantitative estimate of drug-likeness (QED) is 0.476. The Morgan fingerprint density at radius 1 is 1.00 bits per heavy atom. The van der Waals surface area contributed by atoms with Gasteiger partial charge in [-0.15, -0.1) is 0 Å². The minimum absolute atomic E-state index is 0.0304. The number of pyridine rings is 1. The smallest absolute Gasteiger partial charge is 0.252 e. The van der Waals surface area contributed by atoms with Crippen LogP contribution in [-0.4, -0.2) is 38.0 Å².